The van der Waals surface area contributed by atoms with E-state index in [9.17, 15) is 4.79 Å². The van der Waals surface area contributed by atoms with Crippen molar-refractivity contribution in [3.05, 3.63) is 29.8 Å². The Labute approximate surface area is 103 Å². The third-order valence-electron chi connectivity index (χ3n) is 2.52. The average Bonchev–Trinajstić information content (AvgIpc) is 2.34. The first-order valence-corrected chi connectivity index (χ1v) is 6.05. The van der Waals surface area contributed by atoms with Crippen molar-refractivity contribution in [3.8, 4) is 5.75 Å². The summed E-state index contributed by atoms with van der Waals surface area (Å²) < 4.78 is 5.66. The summed E-state index contributed by atoms with van der Waals surface area (Å²) in [5.41, 5.74) is 0.694. The number of ketones is 1. The number of ether oxygens (including phenoxy) is 1. The molecule has 0 aliphatic heterocycles. The maximum atomic E-state index is 11.7. The first kappa shape index (κ1) is 13.7. The molecule has 0 atom stereocenters. The highest BCUT2D eigenvalue weighted by Crippen LogP contribution is 2.19. The van der Waals surface area contributed by atoms with Crippen LogP contribution in [0.2, 0.25) is 0 Å². The molecule has 0 bridgehead atoms. The van der Waals surface area contributed by atoms with E-state index in [-0.39, 0.29) is 5.78 Å². The van der Waals surface area contributed by atoms with Crippen molar-refractivity contribution < 1.29 is 9.53 Å². The van der Waals surface area contributed by atoms with Crippen LogP contribution in [0.1, 0.15) is 30.1 Å². The molecule has 1 aromatic carbocycles. The van der Waals surface area contributed by atoms with Gasteiger partial charge in [0, 0.05) is 13.0 Å². The number of hydrogen-bond acceptors (Lipinski definition) is 3. The Morgan fingerprint density at radius 3 is 2.65 bits per heavy atom. The van der Waals surface area contributed by atoms with Gasteiger partial charge in [0.15, 0.2) is 5.78 Å². The van der Waals surface area contributed by atoms with Crippen molar-refractivity contribution in [2.75, 3.05) is 27.2 Å². The molecule has 0 N–H and O–H groups in total. The van der Waals surface area contributed by atoms with E-state index in [1.165, 1.54) is 0 Å². The summed E-state index contributed by atoms with van der Waals surface area (Å²) in [6.45, 7) is 3.50. The maximum Gasteiger partial charge on any atom is 0.166 e. The van der Waals surface area contributed by atoms with Gasteiger partial charge in [0.2, 0.25) is 0 Å². The first-order chi connectivity index (χ1) is 8.15. The minimum atomic E-state index is 0.133. The Morgan fingerprint density at radius 2 is 2.00 bits per heavy atom. The van der Waals surface area contributed by atoms with E-state index < -0.39 is 0 Å². The molecule has 1 aromatic rings. The van der Waals surface area contributed by atoms with Crippen molar-refractivity contribution in [1.29, 1.82) is 0 Å². The SMILES string of the molecule is CCC(=O)c1ccccc1OCCCN(C)C. The maximum absolute atomic E-state index is 11.7. The first-order valence-electron chi connectivity index (χ1n) is 6.05. The minimum absolute atomic E-state index is 0.133. The van der Waals surface area contributed by atoms with E-state index in [2.05, 4.69) is 4.90 Å². The highest BCUT2D eigenvalue weighted by atomic mass is 16.5. The molecule has 0 heterocycles. The molecule has 0 radical (unpaired) electrons. The number of rotatable bonds is 7. The zero-order chi connectivity index (χ0) is 12.7. The lowest BCUT2D eigenvalue weighted by molar-refractivity contribution is 0.0984. The summed E-state index contributed by atoms with van der Waals surface area (Å²) in [6, 6.07) is 7.45. The van der Waals surface area contributed by atoms with Gasteiger partial charge in [-0.3, -0.25) is 4.79 Å². The Morgan fingerprint density at radius 1 is 1.29 bits per heavy atom. The molecule has 0 amide bonds. The summed E-state index contributed by atoms with van der Waals surface area (Å²) in [6.07, 6.45) is 1.47. The van der Waals surface area contributed by atoms with Gasteiger partial charge in [-0.05, 0) is 32.6 Å². The van der Waals surface area contributed by atoms with Crippen LogP contribution < -0.4 is 4.74 Å². The van der Waals surface area contributed by atoms with Crippen LogP contribution in [0.25, 0.3) is 0 Å². The summed E-state index contributed by atoms with van der Waals surface area (Å²) in [5.74, 6) is 0.839. The van der Waals surface area contributed by atoms with Gasteiger partial charge in [0.05, 0.1) is 12.2 Å². The molecular weight excluding hydrogens is 214 g/mol. The van der Waals surface area contributed by atoms with E-state index >= 15 is 0 Å². The van der Waals surface area contributed by atoms with Gasteiger partial charge in [0.1, 0.15) is 5.75 Å². The number of hydrogen-bond donors (Lipinski definition) is 0. The third-order valence-corrected chi connectivity index (χ3v) is 2.52. The van der Waals surface area contributed by atoms with Crippen LogP contribution in [-0.4, -0.2) is 37.9 Å². The Hall–Kier alpha value is -1.35. The van der Waals surface area contributed by atoms with Gasteiger partial charge in [-0.25, -0.2) is 0 Å². The van der Waals surface area contributed by atoms with Crippen molar-refractivity contribution >= 4 is 5.78 Å². The van der Waals surface area contributed by atoms with Crippen molar-refractivity contribution in [2.45, 2.75) is 19.8 Å². The van der Waals surface area contributed by atoms with Gasteiger partial charge >= 0.3 is 0 Å². The molecule has 0 aliphatic rings. The zero-order valence-electron chi connectivity index (χ0n) is 10.9. The molecule has 0 saturated heterocycles. The lowest BCUT2D eigenvalue weighted by atomic mass is 10.1. The molecule has 94 valence electrons. The average molecular weight is 235 g/mol. The topological polar surface area (TPSA) is 29.5 Å². The highest BCUT2D eigenvalue weighted by Gasteiger charge is 2.09. The summed E-state index contributed by atoms with van der Waals surface area (Å²) in [7, 11) is 4.07. The fraction of sp³-hybridized carbons (Fsp3) is 0.500. The van der Waals surface area contributed by atoms with Crippen LogP contribution in [-0.2, 0) is 0 Å². The molecule has 3 nitrogen and oxygen atoms in total. The molecule has 1 rings (SSSR count). The molecule has 0 spiro atoms. The van der Waals surface area contributed by atoms with Gasteiger partial charge in [-0.2, -0.15) is 0 Å². The van der Waals surface area contributed by atoms with Crippen LogP contribution >= 0.6 is 0 Å². The van der Waals surface area contributed by atoms with Gasteiger partial charge < -0.3 is 9.64 Å². The summed E-state index contributed by atoms with van der Waals surface area (Å²) in [4.78, 5) is 13.8. The molecule has 3 heteroatoms. The minimum Gasteiger partial charge on any atom is -0.493 e. The molecule has 0 unspecified atom stereocenters. The van der Waals surface area contributed by atoms with Crippen molar-refractivity contribution in [2.24, 2.45) is 0 Å². The number of Topliss-reactive ketones (excluding diaryl/α,β-unsaturated/α-hetero) is 1. The lowest BCUT2D eigenvalue weighted by Crippen LogP contribution is -2.16. The lowest BCUT2D eigenvalue weighted by Gasteiger charge is -2.12. The molecular formula is C14H21NO2. The van der Waals surface area contributed by atoms with E-state index in [1.807, 2.05) is 45.3 Å². The highest BCUT2D eigenvalue weighted by molar-refractivity contribution is 5.98. The Balaban J connectivity index is 2.55. The predicted octanol–water partition coefficient (Wildman–Crippen LogP) is 2.61. The van der Waals surface area contributed by atoms with Crippen molar-refractivity contribution in [3.63, 3.8) is 0 Å². The number of benzene rings is 1. The Kier molecular flexibility index (Phi) is 5.70. The van der Waals surface area contributed by atoms with Crippen LogP contribution in [0.5, 0.6) is 5.75 Å². The molecule has 0 saturated carbocycles. The number of carbonyl (C=O) groups is 1. The van der Waals surface area contributed by atoms with Crippen molar-refractivity contribution in [1.82, 2.24) is 4.90 Å². The van der Waals surface area contributed by atoms with Crippen LogP contribution in [0.3, 0.4) is 0 Å². The zero-order valence-corrected chi connectivity index (χ0v) is 10.9. The van der Waals surface area contributed by atoms with Gasteiger partial charge in [-0.15, -0.1) is 0 Å². The molecule has 17 heavy (non-hydrogen) atoms. The van der Waals surface area contributed by atoms with Crippen LogP contribution in [0.4, 0.5) is 0 Å². The van der Waals surface area contributed by atoms with Gasteiger partial charge in [0.25, 0.3) is 0 Å². The summed E-state index contributed by atoms with van der Waals surface area (Å²) >= 11 is 0. The third kappa shape index (κ3) is 4.57. The smallest absolute Gasteiger partial charge is 0.166 e. The van der Waals surface area contributed by atoms with Gasteiger partial charge in [-0.1, -0.05) is 19.1 Å². The van der Waals surface area contributed by atoms with Crippen LogP contribution in [0, 0.1) is 0 Å². The second-order valence-corrected chi connectivity index (χ2v) is 4.28. The quantitative estimate of drug-likeness (QED) is 0.537. The monoisotopic (exact) mass is 235 g/mol. The number of nitrogens with zero attached hydrogens (tertiary/aromatic N) is 1. The van der Waals surface area contributed by atoms with Crippen LogP contribution in [0.15, 0.2) is 24.3 Å². The van der Waals surface area contributed by atoms with E-state index in [0.717, 1.165) is 13.0 Å². The molecule has 0 aliphatic carbocycles. The molecule has 0 fully saturated rings. The second kappa shape index (κ2) is 7.07. The summed E-state index contributed by atoms with van der Waals surface area (Å²) in [5, 5.41) is 0. The number of para-hydroxylation sites is 1. The second-order valence-electron chi connectivity index (χ2n) is 4.28. The normalized spacial score (nSPS) is 10.6. The fourth-order valence-electron chi connectivity index (χ4n) is 1.58. The van der Waals surface area contributed by atoms with E-state index in [1.54, 1.807) is 0 Å². The largest absolute Gasteiger partial charge is 0.493 e. The Bertz CT molecular complexity index is 361. The van der Waals surface area contributed by atoms with E-state index in [4.69, 9.17) is 4.74 Å². The van der Waals surface area contributed by atoms with E-state index in [0.29, 0.717) is 24.3 Å². The standard InChI is InChI=1S/C14H21NO2/c1-4-13(16)12-8-5-6-9-14(12)17-11-7-10-15(2)3/h5-6,8-9H,4,7,10-11H2,1-3H3. The number of carbonyl (C=O) groups excluding carboxylic acids is 1. The predicted molar refractivity (Wildman–Crippen MR) is 69.7 cm³/mol. The fourth-order valence-corrected chi connectivity index (χ4v) is 1.58. The molecule has 0 aromatic heterocycles.